The van der Waals surface area contributed by atoms with Crippen LogP contribution >= 0.6 is 0 Å². The standard InChI is InChI=1S/C22H21N3O4S/c1-15-5-11-19(12-6-15)30(27,28)25-21(14-20(24-25)22-4-3-13-29-22)17-7-9-18(10-8-17)23-16(2)26/h3-13,21H,14H2,1-2H3,(H,23,26). The summed E-state index contributed by atoms with van der Waals surface area (Å²) in [6.45, 7) is 3.34. The fourth-order valence-corrected chi connectivity index (χ4v) is 4.79. The van der Waals surface area contributed by atoms with E-state index in [4.69, 9.17) is 4.42 Å². The Bertz CT molecular complexity index is 1180. The first kappa shape index (κ1) is 19.9. The van der Waals surface area contributed by atoms with Crippen molar-refractivity contribution in [3.8, 4) is 0 Å². The third kappa shape index (κ3) is 3.86. The lowest BCUT2D eigenvalue weighted by Crippen LogP contribution is -2.27. The van der Waals surface area contributed by atoms with E-state index >= 15 is 0 Å². The van der Waals surface area contributed by atoms with E-state index in [1.165, 1.54) is 13.2 Å². The number of furan rings is 1. The lowest BCUT2D eigenvalue weighted by Gasteiger charge is -2.23. The van der Waals surface area contributed by atoms with E-state index in [1.807, 2.05) is 6.92 Å². The van der Waals surface area contributed by atoms with Gasteiger partial charge in [0, 0.05) is 19.0 Å². The molecular weight excluding hydrogens is 402 g/mol. The van der Waals surface area contributed by atoms with Gasteiger partial charge in [-0.25, -0.2) is 0 Å². The van der Waals surface area contributed by atoms with Crippen molar-refractivity contribution in [2.75, 3.05) is 5.32 Å². The summed E-state index contributed by atoms with van der Waals surface area (Å²) in [6.07, 6.45) is 1.91. The molecule has 0 saturated carbocycles. The van der Waals surface area contributed by atoms with Crippen molar-refractivity contribution in [1.82, 2.24) is 4.41 Å². The molecule has 4 rings (SSSR count). The molecule has 0 aliphatic carbocycles. The number of amides is 1. The van der Waals surface area contributed by atoms with Crippen LogP contribution in [0.15, 0.2) is 81.3 Å². The highest BCUT2D eigenvalue weighted by molar-refractivity contribution is 7.89. The second-order valence-corrected chi connectivity index (χ2v) is 8.93. The average Bonchev–Trinajstić information content (AvgIpc) is 3.39. The first-order chi connectivity index (χ1) is 14.3. The van der Waals surface area contributed by atoms with Gasteiger partial charge in [0.05, 0.1) is 17.2 Å². The number of benzene rings is 2. The minimum absolute atomic E-state index is 0.171. The minimum atomic E-state index is -3.87. The maximum atomic E-state index is 13.4. The van der Waals surface area contributed by atoms with Gasteiger partial charge in [0.15, 0.2) is 0 Å². The molecule has 154 valence electrons. The molecule has 0 fully saturated rings. The van der Waals surface area contributed by atoms with Gasteiger partial charge in [-0.1, -0.05) is 29.8 Å². The summed E-state index contributed by atoms with van der Waals surface area (Å²) in [5, 5.41) is 7.14. The zero-order chi connectivity index (χ0) is 21.3. The first-order valence-corrected chi connectivity index (χ1v) is 10.9. The summed E-state index contributed by atoms with van der Waals surface area (Å²) in [5.41, 5.74) is 2.95. The van der Waals surface area contributed by atoms with Crippen LogP contribution in [0.3, 0.4) is 0 Å². The molecule has 3 aromatic rings. The predicted molar refractivity (Wildman–Crippen MR) is 114 cm³/mol. The van der Waals surface area contributed by atoms with Gasteiger partial charge in [0.2, 0.25) is 5.91 Å². The number of carbonyl (C=O) groups is 1. The first-order valence-electron chi connectivity index (χ1n) is 9.44. The zero-order valence-electron chi connectivity index (χ0n) is 16.6. The van der Waals surface area contributed by atoms with Crippen LogP contribution in [0.1, 0.15) is 36.3 Å². The number of nitrogens with zero attached hydrogens (tertiary/aromatic N) is 2. The summed E-state index contributed by atoms with van der Waals surface area (Å²) in [4.78, 5) is 11.4. The summed E-state index contributed by atoms with van der Waals surface area (Å²) in [7, 11) is -3.87. The van der Waals surface area contributed by atoms with Gasteiger partial charge >= 0.3 is 0 Å². The Hall–Kier alpha value is -3.39. The number of nitrogens with one attached hydrogen (secondary N) is 1. The van der Waals surface area contributed by atoms with Gasteiger partial charge in [0.25, 0.3) is 10.0 Å². The molecule has 1 atom stereocenters. The van der Waals surface area contributed by atoms with E-state index in [0.717, 1.165) is 15.5 Å². The second-order valence-electron chi connectivity index (χ2n) is 7.14. The van der Waals surface area contributed by atoms with Crippen LogP contribution in [0.2, 0.25) is 0 Å². The van der Waals surface area contributed by atoms with Gasteiger partial charge in [0.1, 0.15) is 11.5 Å². The van der Waals surface area contributed by atoms with Gasteiger partial charge in [-0.05, 0) is 48.9 Å². The smallest absolute Gasteiger partial charge is 0.279 e. The van der Waals surface area contributed by atoms with Crippen molar-refractivity contribution in [1.29, 1.82) is 0 Å². The SMILES string of the molecule is CC(=O)Nc1ccc(C2CC(c3ccco3)=NN2S(=O)(=O)c2ccc(C)cc2)cc1. The quantitative estimate of drug-likeness (QED) is 0.669. The third-order valence-electron chi connectivity index (χ3n) is 4.86. The number of hydrogen-bond donors (Lipinski definition) is 1. The molecule has 30 heavy (non-hydrogen) atoms. The average molecular weight is 423 g/mol. The molecule has 2 aromatic carbocycles. The fraction of sp³-hybridized carbons (Fsp3) is 0.182. The van der Waals surface area contributed by atoms with Crippen LogP contribution in [0.25, 0.3) is 0 Å². The summed E-state index contributed by atoms with van der Waals surface area (Å²) >= 11 is 0. The van der Waals surface area contributed by atoms with Gasteiger partial charge in [-0.15, -0.1) is 0 Å². The Balaban J connectivity index is 1.73. The van der Waals surface area contributed by atoms with Crippen LogP contribution in [0.4, 0.5) is 5.69 Å². The van der Waals surface area contributed by atoms with Crippen molar-refractivity contribution in [2.24, 2.45) is 5.10 Å². The molecule has 0 bridgehead atoms. The van der Waals surface area contributed by atoms with E-state index in [-0.39, 0.29) is 10.8 Å². The Morgan fingerprint density at radius 1 is 1.10 bits per heavy atom. The lowest BCUT2D eigenvalue weighted by atomic mass is 10.0. The van der Waals surface area contributed by atoms with Crippen molar-refractivity contribution < 1.29 is 17.6 Å². The van der Waals surface area contributed by atoms with E-state index < -0.39 is 16.1 Å². The molecule has 1 aromatic heterocycles. The largest absolute Gasteiger partial charge is 0.463 e. The van der Waals surface area contributed by atoms with E-state index in [1.54, 1.807) is 60.7 Å². The number of hydrazone groups is 1. The van der Waals surface area contributed by atoms with Gasteiger partial charge in [-0.3, -0.25) is 4.79 Å². The highest BCUT2D eigenvalue weighted by Crippen LogP contribution is 2.37. The van der Waals surface area contributed by atoms with Crippen LogP contribution in [0.5, 0.6) is 0 Å². The molecule has 1 aliphatic rings. The highest BCUT2D eigenvalue weighted by Gasteiger charge is 2.38. The molecule has 0 saturated heterocycles. The molecule has 0 spiro atoms. The summed E-state index contributed by atoms with van der Waals surface area (Å²) in [6, 6.07) is 16.8. The second kappa shape index (κ2) is 7.79. The number of carbonyl (C=O) groups excluding carboxylic acids is 1. The van der Waals surface area contributed by atoms with E-state index in [9.17, 15) is 13.2 Å². The van der Waals surface area contributed by atoms with Crippen molar-refractivity contribution in [3.05, 3.63) is 83.8 Å². The maximum absolute atomic E-state index is 13.4. The highest BCUT2D eigenvalue weighted by atomic mass is 32.2. The van der Waals surface area contributed by atoms with Gasteiger partial charge in [-0.2, -0.15) is 17.9 Å². The lowest BCUT2D eigenvalue weighted by molar-refractivity contribution is -0.114. The van der Waals surface area contributed by atoms with Crippen molar-refractivity contribution in [3.63, 3.8) is 0 Å². The number of sulfonamides is 1. The summed E-state index contributed by atoms with van der Waals surface area (Å²) < 4.78 is 33.4. The van der Waals surface area contributed by atoms with Crippen LogP contribution < -0.4 is 5.32 Å². The Labute approximate surface area is 175 Å². The monoisotopic (exact) mass is 423 g/mol. The molecule has 2 heterocycles. The fourth-order valence-electron chi connectivity index (χ4n) is 3.36. The predicted octanol–water partition coefficient (Wildman–Crippen LogP) is 4.09. The number of anilines is 1. The Morgan fingerprint density at radius 3 is 2.40 bits per heavy atom. The van der Waals surface area contributed by atoms with E-state index in [0.29, 0.717) is 23.6 Å². The van der Waals surface area contributed by atoms with Crippen molar-refractivity contribution in [2.45, 2.75) is 31.2 Å². The molecule has 1 aliphatic heterocycles. The number of hydrogen-bond acceptors (Lipinski definition) is 5. The van der Waals surface area contributed by atoms with Crippen molar-refractivity contribution >= 4 is 27.3 Å². The molecule has 1 amide bonds. The zero-order valence-corrected chi connectivity index (χ0v) is 17.4. The van der Waals surface area contributed by atoms with Crippen LogP contribution in [-0.2, 0) is 14.8 Å². The van der Waals surface area contributed by atoms with E-state index in [2.05, 4.69) is 10.4 Å². The Morgan fingerprint density at radius 2 is 1.80 bits per heavy atom. The third-order valence-corrected chi connectivity index (χ3v) is 6.56. The maximum Gasteiger partial charge on any atom is 0.279 e. The Kier molecular flexibility index (Phi) is 5.17. The minimum Gasteiger partial charge on any atom is -0.463 e. The number of aryl methyl sites for hydroxylation is 1. The topological polar surface area (TPSA) is 92.0 Å². The van der Waals surface area contributed by atoms with Gasteiger partial charge < -0.3 is 9.73 Å². The van der Waals surface area contributed by atoms with Crippen LogP contribution in [-0.4, -0.2) is 24.5 Å². The molecular formula is C22H21N3O4S. The number of rotatable bonds is 5. The molecule has 1 unspecified atom stereocenters. The van der Waals surface area contributed by atoms with Crippen LogP contribution in [0, 0.1) is 6.92 Å². The normalized spacial score (nSPS) is 16.4. The molecule has 1 N–H and O–H groups in total. The molecule has 0 radical (unpaired) electrons. The summed E-state index contributed by atoms with van der Waals surface area (Å²) in [5.74, 6) is 0.368. The molecule has 7 nitrogen and oxygen atoms in total. The molecule has 8 heteroatoms.